The molecule has 4 nitrogen and oxygen atoms in total. The quantitative estimate of drug-likeness (QED) is 0.458. The number of hydrogen-bond donors (Lipinski definition) is 1. The normalized spacial score (nSPS) is 10.6. The molecule has 1 aromatic carbocycles. The van der Waals surface area contributed by atoms with Crippen molar-refractivity contribution < 1.29 is 14.3 Å². The van der Waals surface area contributed by atoms with Crippen LogP contribution in [-0.2, 0) is 20.7 Å². The van der Waals surface area contributed by atoms with Crippen molar-refractivity contribution in [1.29, 1.82) is 0 Å². The van der Waals surface area contributed by atoms with Gasteiger partial charge in [-0.25, -0.2) is 0 Å². The van der Waals surface area contributed by atoms with Crippen LogP contribution in [0.1, 0.15) is 25.8 Å². The van der Waals surface area contributed by atoms with Gasteiger partial charge < -0.3 is 15.2 Å². The first kappa shape index (κ1) is 14.5. The number of nitrogen functional groups attached to an aromatic ring is 1. The molecule has 1 rings (SSSR count). The standard InChI is InChI=1S/C14H21NO3/c1-11(2)17-8-9-18-14(16)7-6-12-4-3-5-13(15)10-12/h3-5,10-11H,6-9,15H2,1-2H3. The van der Waals surface area contributed by atoms with E-state index in [1.54, 1.807) is 0 Å². The highest BCUT2D eigenvalue weighted by Gasteiger charge is 2.04. The number of carbonyl (C=O) groups excluding carboxylic acids is 1. The van der Waals surface area contributed by atoms with E-state index in [1.165, 1.54) is 0 Å². The molecule has 0 fully saturated rings. The number of hydrogen-bond acceptors (Lipinski definition) is 4. The van der Waals surface area contributed by atoms with Crippen LogP contribution in [0, 0.1) is 0 Å². The van der Waals surface area contributed by atoms with E-state index in [0.717, 1.165) is 5.56 Å². The highest BCUT2D eigenvalue weighted by Crippen LogP contribution is 2.09. The molecule has 0 bridgehead atoms. The van der Waals surface area contributed by atoms with Gasteiger partial charge in [-0.15, -0.1) is 0 Å². The van der Waals surface area contributed by atoms with Crippen LogP contribution in [0.4, 0.5) is 5.69 Å². The molecule has 18 heavy (non-hydrogen) atoms. The molecule has 1 aromatic rings. The van der Waals surface area contributed by atoms with Crippen molar-refractivity contribution in [2.45, 2.75) is 32.8 Å². The zero-order chi connectivity index (χ0) is 13.4. The van der Waals surface area contributed by atoms with Gasteiger partial charge in [0.2, 0.25) is 0 Å². The maximum absolute atomic E-state index is 11.4. The molecule has 0 aromatic heterocycles. The topological polar surface area (TPSA) is 61.5 Å². The Labute approximate surface area is 108 Å². The summed E-state index contributed by atoms with van der Waals surface area (Å²) in [5.41, 5.74) is 7.42. The zero-order valence-corrected chi connectivity index (χ0v) is 11.0. The largest absolute Gasteiger partial charge is 0.463 e. The second-order valence-corrected chi connectivity index (χ2v) is 4.39. The van der Waals surface area contributed by atoms with Gasteiger partial charge in [0.1, 0.15) is 6.61 Å². The summed E-state index contributed by atoms with van der Waals surface area (Å²) in [5.74, 6) is -0.204. The minimum absolute atomic E-state index is 0.163. The van der Waals surface area contributed by atoms with Gasteiger partial charge in [0.25, 0.3) is 0 Å². The fraction of sp³-hybridized carbons (Fsp3) is 0.500. The van der Waals surface area contributed by atoms with E-state index in [4.69, 9.17) is 15.2 Å². The first-order chi connectivity index (χ1) is 8.58. The van der Waals surface area contributed by atoms with Crippen LogP contribution in [0.2, 0.25) is 0 Å². The number of rotatable bonds is 7. The van der Waals surface area contributed by atoms with E-state index in [-0.39, 0.29) is 12.1 Å². The Balaban J connectivity index is 2.17. The fourth-order valence-electron chi connectivity index (χ4n) is 1.51. The lowest BCUT2D eigenvalue weighted by Crippen LogP contribution is -2.13. The van der Waals surface area contributed by atoms with Crippen molar-refractivity contribution in [2.24, 2.45) is 0 Å². The Hall–Kier alpha value is -1.55. The third-order valence-electron chi connectivity index (χ3n) is 2.37. The van der Waals surface area contributed by atoms with Crippen LogP contribution < -0.4 is 5.73 Å². The van der Waals surface area contributed by atoms with E-state index in [0.29, 0.717) is 31.7 Å². The number of nitrogens with two attached hydrogens (primary N) is 1. The second-order valence-electron chi connectivity index (χ2n) is 4.39. The van der Waals surface area contributed by atoms with Crippen molar-refractivity contribution in [2.75, 3.05) is 18.9 Å². The summed E-state index contributed by atoms with van der Waals surface area (Å²) in [7, 11) is 0. The molecule has 0 amide bonds. The molecular formula is C14H21NO3. The van der Waals surface area contributed by atoms with Crippen LogP contribution in [0.25, 0.3) is 0 Å². The summed E-state index contributed by atoms with van der Waals surface area (Å²) >= 11 is 0. The molecule has 0 aliphatic rings. The predicted octanol–water partition coefficient (Wildman–Crippen LogP) is 2.17. The van der Waals surface area contributed by atoms with E-state index in [2.05, 4.69) is 0 Å². The van der Waals surface area contributed by atoms with Crippen molar-refractivity contribution >= 4 is 11.7 Å². The summed E-state index contributed by atoms with van der Waals surface area (Å²) < 4.78 is 10.3. The van der Waals surface area contributed by atoms with Crippen molar-refractivity contribution in [1.82, 2.24) is 0 Å². The maximum Gasteiger partial charge on any atom is 0.306 e. The van der Waals surface area contributed by atoms with Crippen molar-refractivity contribution in [3.8, 4) is 0 Å². The number of anilines is 1. The van der Waals surface area contributed by atoms with E-state index in [1.807, 2.05) is 38.1 Å². The van der Waals surface area contributed by atoms with Crippen LogP contribution in [0.15, 0.2) is 24.3 Å². The first-order valence-corrected chi connectivity index (χ1v) is 6.19. The van der Waals surface area contributed by atoms with Gasteiger partial charge in [0.15, 0.2) is 0 Å². The van der Waals surface area contributed by atoms with Crippen molar-refractivity contribution in [3.05, 3.63) is 29.8 Å². The van der Waals surface area contributed by atoms with Gasteiger partial charge in [0.05, 0.1) is 12.7 Å². The maximum atomic E-state index is 11.4. The number of ether oxygens (including phenoxy) is 2. The Kier molecular flexibility index (Phi) is 6.22. The highest BCUT2D eigenvalue weighted by molar-refractivity contribution is 5.69. The van der Waals surface area contributed by atoms with Gasteiger partial charge in [0, 0.05) is 12.1 Å². The smallest absolute Gasteiger partial charge is 0.306 e. The Morgan fingerprint density at radius 3 is 2.78 bits per heavy atom. The van der Waals surface area contributed by atoms with Gasteiger partial charge in [-0.1, -0.05) is 12.1 Å². The number of esters is 1. The predicted molar refractivity (Wildman–Crippen MR) is 71.2 cm³/mol. The molecule has 0 saturated heterocycles. The van der Waals surface area contributed by atoms with Crippen LogP contribution in [-0.4, -0.2) is 25.3 Å². The molecule has 4 heteroatoms. The third-order valence-corrected chi connectivity index (χ3v) is 2.37. The Bertz CT molecular complexity index is 377. The van der Waals surface area contributed by atoms with E-state index < -0.39 is 0 Å². The van der Waals surface area contributed by atoms with Crippen LogP contribution in [0.5, 0.6) is 0 Å². The lowest BCUT2D eigenvalue weighted by molar-refractivity contribution is -0.145. The van der Waals surface area contributed by atoms with E-state index >= 15 is 0 Å². The fourth-order valence-corrected chi connectivity index (χ4v) is 1.51. The van der Waals surface area contributed by atoms with E-state index in [9.17, 15) is 4.79 Å². The van der Waals surface area contributed by atoms with Crippen LogP contribution >= 0.6 is 0 Å². The molecule has 0 unspecified atom stereocenters. The Morgan fingerprint density at radius 2 is 2.11 bits per heavy atom. The molecule has 0 radical (unpaired) electrons. The van der Waals surface area contributed by atoms with Crippen LogP contribution in [0.3, 0.4) is 0 Å². The summed E-state index contributed by atoms with van der Waals surface area (Å²) in [6.45, 7) is 4.65. The first-order valence-electron chi connectivity index (χ1n) is 6.19. The third kappa shape index (κ3) is 6.25. The molecule has 0 atom stereocenters. The Morgan fingerprint density at radius 1 is 1.33 bits per heavy atom. The molecule has 0 aliphatic heterocycles. The summed E-state index contributed by atoms with van der Waals surface area (Å²) in [6, 6.07) is 7.53. The SMILES string of the molecule is CC(C)OCCOC(=O)CCc1cccc(N)c1. The number of carbonyl (C=O) groups is 1. The molecular weight excluding hydrogens is 230 g/mol. The lowest BCUT2D eigenvalue weighted by Gasteiger charge is -2.08. The van der Waals surface area contributed by atoms with Gasteiger partial charge in [-0.05, 0) is 38.0 Å². The summed E-state index contributed by atoms with van der Waals surface area (Å²) in [6.07, 6.45) is 1.18. The molecule has 0 aliphatic carbocycles. The second kappa shape index (κ2) is 7.71. The average Bonchev–Trinajstić information content (AvgIpc) is 2.32. The minimum Gasteiger partial charge on any atom is -0.463 e. The number of benzene rings is 1. The highest BCUT2D eigenvalue weighted by atomic mass is 16.6. The van der Waals surface area contributed by atoms with Crippen molar-refractivity contribution in [3.63, 3.8) is 0 Å². The molecule has 2 N–H and O–H groups in total. The monoisotopic (exact) mass is 251 g/mol. The molecule has 0 heterocycles. The zero-order valence-electron chi connectivity index (χ0n) is 11.0. The number of aryl methyl sites for hydroxylation is 1. The van der Waals surface area contributed by atoms with Gasteiger partial charge in [-0.2, -0.15) is 0 Å². The van der Waals surface area contributed by atoms with Gasteiger partial charge >= 0.3 is 5.97 Å². The van der Waals surface area contributed by atoms with Gasteiger partial charge in [-0.3, -0.25) is 4.79 Å². The molecule has 100 valence electrons. The molecule has 0 saturated carbocycles. The molecule has 0 spiro atoms. The lowest BCUT2D eigenvalue weighted by atomic mass is 10.1. The minimum atomic E-state index is -0.204. The average molecular weight is 251 g/mol. The summed E-state index contributed by atoms with van der Waals surface area (Å²) in [5, 5.41) is 0. The summed E-state index contributed by atoms with van der Waals surface area (Å²) in [4.78, 5) is 11.4.